The molecule has 0 bridgehead atoms. The van der Waals surface area contributed by atoms with E-state index in [9.17, 15) is 14.4 Å². The second kappa shape index (κ2) is 13.9. The molecule has 36 heavy (non-hydrogen) atoms. The molecule has 2 fully saturated rings. The summed E-state index contributed by atoms with van der Waals surface area (Å²) < 4.78 is 21.6. The lowest BCUT2D eigenvalue weighted by atomic mass is 9.85. The number of ketones is 1. The predicted octanol–water partition coefficient (Wildman–Crippen LogP) is 4.58. The second-order valence-corrected chi connectivity index (χ2v) is 9.38. The molecule has 0 aromatic heterocycles. The minimum absolute atomic E-state index is 0.192. The van der Waals surface area contributed by atoms with Crippen molar-refractivity contribution in [2.45, 2.75) is 70.3 Å². The number of carbonyl (C=O) groups is 3. The molecule has 0 radical (unpaired) electrons. The lowest BCUT2D eigenvalue weighted by molar-refractivity contribution is -0.160. The van der Waals surface area contributed by atoms with Crippen molar-refractivity contribution in [1.82, 2.24) is 4.90 Å². The van der Waals surface area contributed by atoms with Crippen LogP contribution in [0.4, 0.5) is 0 Å². The molecule has 3 rings (SSSR count). The molecule has 8 nitrogen and oxygen atoms in total. The summed E-state index contributed by atoms with van der Waals surface area (Å²) in [4.78, 5) is 39.9. The Morgan fingerprint density at radius 2 is 1.58 bits per heavy atom. The van der Waals surface area contributed by atoms with E-state index in [4.69, 9.17) is 18.9 Å². The van der Waals surface area contributed by atoms with E-state index in [1.165, 1.54) is 4.90 Å². The lowest BCUT2D eigenvalue weighted by Gasteiger charge is -2.34. The number of esters is 1. The highest BCUT2D eigenvalue weighted by Gasteiger charge is 2.38. The van der Waals surface area contributed by atoms with Crippen molar-refractivity contribution in [2.75, 3.05) is 34.5 Å². The Hall–Kier alpha value is -3.03. The van der Waals surface area contributed by atoms with E-state index < -0.39 is 17.9 Å². The van der Waals surface area contributed by atoms with Gasteiger partial charge in [0, 0.05) is 12.5 Å². The molecule has 1 saturated carbocycles. The Kier molecular flexibility index (Phi) is 10.6. The second-order valence-electron chi connectivity index (χ2n) is 9.38. The standard InChI is InChI=1S/C28H39NO7/c1-33-23-18-20(19-24(34-2)26(23)35-3)12-6-5-11-17-36-28(32)22-15-9-10-16-29(22)27(31)25(30)21-13-7-4-8-14-21/h6,12,18-19,21-22H,4-5,7-11,13-17H2,1-3H3/b12-6+. The smallest absolute Gasteiger partial charge is 0.328 e. The molecular formula is C28H39NO7. The first kappa shape index (κ1) is 27.6. The fraction of sp³-hybridized carbons (Fsp3) is 0.607. The average molecular weight is 502 g/mol. The van der Waals surface area contributed by atoms with Gasteiger partial charge in [-0.25, -0.2) is 4.79 Å². The molecule has 1 heterocycles. The first-order valence-electron chi connectivity index (χ1n) is 13.0. The fourth-order valence-corrected chi connectivity index (χ4v) is 4.99. The Balaban J connectivity index is 1.48. The van der Waals surface area contributed by atoms with Crippen LogP contribution in [0.5, 0.6) is 17.2 Å². The number of unbranched alkanes of at least 4 members (excludes halogenated alkanes) is 1. The lowest BCUT2D eigenvalue weighted by Crippen LogP contribution is -2.52. The van der Waals surface area contributed by atoms with Crippen LogP contribution in [-0.4, -0.2) is 63.1 Å². The molecule has 1 atom stereocenters. The van der Waals surface area contributed by atoms with Crippen LogP contribution in [0.15, 0.2) is 18.2 Å². The maximum absolute atomic E-state index is 12.9. The number of methoxy groups -OCH3 is 3. The van der Waals surface area contributed by atoms with E-state index in [1.807, 2.05) is 24.3 Å². The molecule has 1 aliphatic heterocycles. The van der Waals surface area contributed by atoms with Crippen LogP contribution in [0.3, 0.4) is 0 Å². The highest BCUT2D eigenvalue weighted by Crippen LogP contribution is 2.38. The van der Waals surface area contributed by atoms with E-state index in [-0.39, 0.29) is 18.3 Å². The van der Waals surface area contributed by atoms with Gasteiger partial charge < -0.3 is 23.8 Å². The Morgan fingerprint density at radius 1 is 0.917 bits per heavy atom. The number of rotatable bonds is 11. The van der Waals surface area contributed by atoms with Gasteiger partial charge >= 0.3 is 5.97 Å². The largest absolute Gasteiger partial charge is 0.493 e. The first-order valence-corrected chi connectivity index (χ1v) is 13.0. The van der Waals surface area contributed by atoms with E-state index >= 15 is 0 Å². The molecule has 1 amide bonds. The molecule has 0 N–H and O–H groups in total. The van der Waals surface area contributed by atoms with E-state index in [1.54, 1.807) is 21.3 Å². The minimum atomic E-state index is -0.659. The summed E-state index contributed by atoms with van der Waals surface area (Å²) in [5.41, 5.74) is 0.903. The minimum Gasteiger partial charge on any atom is -0.493 e. The highest BCUT2D eigenvalue weighted by atomic mass is 16.5. The van der Waals surface area contributed by atoms with Crippen molar-refractivity contribution in [1.29, 1.82) is 0 Å². The van der Waals surface area contributed by atoms with Crippen LogP contribution in [-0.2, 0) is 19.1 Å². The Labute approximate surface area is 213 Å². The normalized spacial score (nSPS) is 18.6. The van der Waals surface area contributed by atoms with Gasteiger partial charge in [0.2, 0.25) is 11.5 Å². The number of Topliss-reactive ketones (excluding diaryl/α,β-unsaturated/α-hetero) is 1. The van der Waals surface area contributed by atoms with Crippen molar-refractivity contribution in [2.24, 2.45) is 5.92 Å². The zero-order valence-corrected chi connectivity index (χ0v) is 21.8. The third-order valence-electron chi connectivity index (χ3n) is 6.98. The highest BCUT2D eigenvalue weighted by molar-refractivity contribution is 6.37. The van der Waals surface area contributed by atoms with Crippen LogP contribution >= 0.6 is 0 Å². The van der Waals surface area contributed by atoms with Gasteiger partial charge in [0.1, 0.15) is 6.04 Å². The summed E-state index contributed by atoms with van der Waals surface area (Å²) in [6, 6.07) is 3.07. The Bertz CT molecular complexity index is 911. The summed E-state index contributed by atoms with van der Waals surface area (Å²) in [7, 11) is 4.71. The summed E-state index contributed by atoms with van der Waals surface area (Å²) in [6.07, 6.45) is 12.1. The van der Waals surface area contributed by atoms with E-state index in [2.05, 4.69) is 0 Å². The number of ether oxygens (including phenoxy) is 4. The van der Waals surface area contributed by atoms with E-state index in [0.29, 0.717) is 43.1 Å². The maximum atomic E-state index is 12.9. The number of carbonyl (C=O) groups excluding carboxylic acids is 3. The zero-order chi connectivity index (χ0) is 25.9. The molecule has 1 unspecified atom stereocenters. The molecule has 1 aliphatic carbocycles. The van der Waals surface area contributed by atoms with Crippen molar-refractivity contribution in [3.8, 4) is 17.2 Å². The average Bonchev–Trinajstić information content (AvgIpc) is 2.93. The molecule has 8 heteroatoms. The van der Waals surface area contributed by atoms with Crippen molar-refractivity contribution in [3.63, 3.8) is 0 Å². The van der Waals surface area contributed by atoms with E-state index in [0.717, 1.165) is 50.5 Å². The van der Waals surface area contributed by atoms with Gasteiger partial charge in [0.05, 0.1) is 27.9 Å². The molecule has 1 aromatic rings. The zero-order valence-electron chi connectivity index (χ0n) is 21.8. The summed E-state index contributed by atoms with van der Waals surface area (Å²) in [5, 5.41) is 0. The number of hydrogen-bond donors (Lipinski definition) is 0. The molecular weight excluding hydrogens is 462 g/mol. The summed E-state index contributed by atoms with van der Waals surface area (Å²) >= 11 is 0. The topological polar surface area (TPSA) is 91.4 Å². The molecule has 1 saturated heterocycles. The van der Waals surface area contributed by atoms with Crippen LogP contribution < -0.4 is 14.2 Å². The first-order chi connectivity index (χ1) is 17.5. The van der Waals surface area contributed by atoms with Crippen LogP contribution in [0, 0.1) is 5.92 Å². The SMILES string of the molecule is COc1cc(/C=C/CCCOC(=O)C2CCCCN2C(=O)C(=O)C2CCCCC2)cc(OC)c1OC. The third kappa shape index (κ3) is 7.02. The Morgan fingerprint density at radius 3 is 2.22 bits per heavy atom. The van der Waals surface area contributed by atoms with Gasteiger partial charge in [-0.15, -0.1) is 0 Å². The molecule has 0 spiro atoms. The van der Waals surface area contributed by atoms with Crippen molar-refractivity contribution in [3.05, 3.63) is 23.8 Å². The fourth-order valence-electron chi connectivity index (χ4n) is 4.99. The monoisotopic (exact) mass is 501 g/mol. The van der Waals surface area contributed by atoms with Gasteiger partial charge in [-0.1, -0.05) is 31.4 Å². The van der Waals surface area contributed by atoms with Gasteiger partial charge in [-0.05, 0) is 62.6 Å². The van der Waals surface area contributed by atoms with Crippen LogP contribution in [0.2, 0.25) is 0 Å². The third-order valence-corrected chi connectivity index (χ3v) is 6.98. The number of nitrogens with zero attached hydrogens (tertiary/aromatic N) is 1. The van der Waals surface area contributed by atoms with Crippen LogP contribution in [0.25, 0.3) is 6.08 Å². The van der Waals surface area contributed by atoms with Crippen molar-refractivity contribution >= 4 is 23.7 Å². The van der Waals surface area contributed by atoms with Crippen molar-refractivity contribution < 1.29 is 33.3 Å². The molecule has 1 aromatic carbocycles. The number of piperidine rings is 1. The predicted molar refractivity (Wildman–Crippen MR) is 136 cm³/mol. The number of allylic oxidation sites excluding steroid dienone is 1. The van der Waals surface area contributed by atoms with Crippen LogP contribution in [0.1, 0.15) is 69.8 Å². The van der Waals surface area contributed by atoms with Gasteiger partial charge in [0.15, 0.2) is 11.5 Å². The molecule has 198 valence electrons. The number of benzene rings is 1. The van der Waals surface area contributed by atoms with Gasteiger partial charge in [-0.2, -0.15) is 0 Å². The van der Waals surface area contributed by atoms with Gasteiger partial charge in [-0.3, -0.25) is 9.59 Å². The quantitative estimate of drug-likeness (QED) is 0.249. The van der Waals surface area contributed by atoms with Gasteiger partial charge in [0.25, 0.3) is 5.91 Å². The number of likely N-dealkylation sites (tertiary alicyclic amines) is 1. The maximum Gasteiger partial charge on any atom is 0.328 e. The summed E-state index contributed by atoms with van der Waals surface area (Å²) in [5.74, 6) is 0.274. The number of hydrogen-bond acceptors (Lipinski definition) is 7. The summed E-state index contributed by atoms with van der Waals surface area (Å²) in [6.45, 7) is 0.697. The number of amides is 1. The molecule has 2 aliphatic rings.